The molecule has 1 amide bonds. The van der Waals surface area contributed by atoms with E-state index >= 15 is 0 Å². The van der Waals surface area contributed by atoms with Gasteiger partial charge in [-0.2, -0.15) is 0 Å². The summed E-state index contributed by atoms with van der Waals surface area (Å²) in [5.74, 6) is 0.511. The minimum atomic E-state index is -0.145. The highest BCUT2D eigenvalue weighted by Gasteiger charge is 2.25. The van der Waals surface area contributed by atoms with Crippen molar-refractivity contribution in [2.24, 2.45) is 0 Å². The molecular formula is C11H15BrN2O2. The molecule has 1 aromatic heterocycles. The van der Waals surface area contributed by atoms with Crippen molar-refractivity contribution in [3.63, 3.8) is 0 Å². The minimum Gasteiger partial charge on any atom is -0.361 e. The summed E-state index contributed by atoms with van der Waals surface area (Å²) in [5, 5.41) is 6.69. The Morgan fingerprint density at radius 1 is 1.56 bits per heavy atom. The van der Waals surface area contributed by atoms with E-state index in [0.29, 0.717) is 16.3 Å². The molecule has 1 aliphatic rings. The third kappa shape index (κ3) is 2.64. The van der Waals surface area contributed by atoms with Gasteiger partial charge >= 0.3 is 0 Å². The van der Waals surface area contributed by atoms with Crippen molar-refractivity contribution in [3.8, 4) is 0 Å². The van der Waals surface area contributed by atoms with Gasteiger partial charge in [-0.3, -0.25) is 4.79 Å². The predicted molar refractivity (Wildman–Crippen MR) is 63.7 cm³/mol. The Hall–Kier alpha value is -0.840. The van der Waals surface area contributed by atoms with Crippen LogP contribution in [0.5, 0.6) is 0 Å². The summed E-state index contributed by atoms with van der Waals surface area (Å²) in [7, 11) is 0. The molecule has 4 nitrogen and oxygen atoms in total. The summed E-state index contributed by atoms with van der Waals surface area (Å²) in [5.41, 5.74) is 0.364. The van der Waals surface area contributed by atoms with Crippen LogP contribution in [0.3, 0.4) is 0 Å². The first-order valence-electron chi connectivity index (χ1n) is 5.55. The standard InChI is InChI=1S/C11H15BrN2O2/c1-7-6-10(14-16-7)11(15)13-9-5-3-2-4-8(9)12/h6,8-9H,2-5H2,1H3,(H,13,15). The van der Waals surface area contributed by atoms with Crippen LogP contribution in [-0.4, -0.2) is 21.9 Å². The lowest BCUT2D eigenvalue weighted by Gasteiger charge is -2.27. The van der Waals surface area contributed by atoms with Gasteiger partial charge in [-0.25, -0.2) is 0 Å². The first-order valence-corrected chi connectivity index (χ1v) is 6.46. The SMILES string of the molecule is Cc1cc(C(=O)NC2CCCCC2Br)no1. The van der Waals surface area contributed by atoms with Gasteiger partial charge in [-0.15, -0.1) is 0 Å². The summed E-state index contributed by atoms with van der Waals surface area (Å²) < 4.78 is 4.88. The average molecular weight is 287 g/mol. The van der Waals surface area contributed by atoms with Crippen LogP contribution in [0.4, 0.5) is 0 Å². The van der Waals surface area contributed by atoms with Crippen LogP contribution in [0, 0.1) is 6.92 Å². The highest BCUT2D eigenvalue weighted by Crippen LogP contribution is 2.24. The van der Waals surface area contributed by atoms with Gasteiger partial charge in [-0.1, -0.05) is 33.9 Å². The van der Waals surface area contributed by atoms with E-state index < -0.39 is 0 Å². The van der Waals surface area contributed by atoms with Crippen LogP contribution in [0.25, 0.3) is 0 Å². The monoisotopic (exact) mass is 286 g/mol. The molecule has 5 heteroatoms. The van der Waals surface area contributed by atoms with E-state index in [0.717, 1.165) is 12.8 Å². The number of amides is 1. The van der Waals surface area contributed by atoms with E-state index in [9.17, 15) is 4.79 Å². The fraction of sp³-hybridized carbons (Fsp3) is 0.636. The number of carbonyl (C=O) groups is 1. The molecule has 1 N–H and O–H groups in total. The topological polar surface area (TPSA) is 55.1 Å². The van der Waals surface area contributed by atoms with Gasteiger partial charge < -0.3 is 9.84 Å². The lowest BCUT2D eigenvalue weighted by Crippen LogP contribution is -2.42. The zero-order valence-electron chi connectivity index (χ0n) is 9.20. The van der Waals surface area contributed by atoms with Crippen molar-refractivity contribution in [2.75, 3.05) is 0 Å². The molecule has 0 radical (unpaired) electrons. The fourth-order valence-electron chi connectivity index (χ4n) is 1.96. The summed E-state index contributed by atoms with van der Waals surface area (Å²) >= 11 is 3.60. The van der Waals surface area contributed by atoms with Crippen molar-refractivity contribution in [1.82, 2.24) is 10.5 Å². The highest BCUT2D eigenvalue weighted by molar-refractivity contribution is 9.09. The van der Waals surface area contributed by atoms with Crippen molar-refractivity contribution in [2.45, 2.75) is 43.5 Å². The van der Waals surface area contributed by atoms with Crippen LogP contribution in [-0.2, 0) is 0 Å². The summed E-state index contributed by atoms with van der Waals surface area (Å²) in [4.78, 5) is 12.2. The number of nitrogens with one attached hydrogen (secondary N) is 1. The van der Waals surface area contributed by atoms with Crippen molar-refractivity contribution in [3.05, 3.63) is 17.5 Å². The number of nitrogens with zero attached hydrogens (tertiary/aromatic N) is 1. The normalized spacial score (nSPS) is 25.4. The number of rotatable bonds is 2. The van der Waals surface area contributed by atoms with E-state index in [4.69, 9.17) is 4.52 Å². The number of carbonyl (C=O) groups excluding carboxylic acids is 1. The molecule has 1 heterocycles. The van der Waals surface area contributed by atoms with Gasteiger partial charge in [0, 0.05) is 16.9 Å². The van der Waals surface area contributed by atoms with Gasteiger partial charge in [0.15, 0.2) is 5.69 Å². The Labute approximate surface area is 103 Å². The average Bonchev–Trinajstić information content (AvgIpc) is 2.68. The Kier molecular flexibility index (Phi) is 3.63. The number of alkyl halides is 1. The molecule has 1 aliphatic carbocycles. The Morgan fingerprint density at radius 2 is 2.31 bits per heavy atom. The minimum absolute atomic E-state index is 0.145. The largest absolute Gasteiger partial charge is 0.361 e. The van der Waals surface area contributed by atoms with E-state index in [1.807, 2.05) is 0 Å². The third-order valence-electron chi connectivity index (χ3n) is 2.86. The van der Waals surface area contributed by atoms with E-state index in [2.05, 4.69) is 26.4 Å². The quantitative estimate of drug-likeness (QED) is 0.850. The van der Waals surface area contributed by atoms with Crippen LogP contribution >= 0.6 is 15.9 Å². The van der Waals surface area contributed by atoms with Crippen LogP contribution in [0.15, 0.2) is 10.6 Å². The molecule has 2 unspecified atom stereocenters. The predicted octanol–water partition coefficient (Wildman–Crippen LogP) is 2.42. The summed E-state index contributed by atoms with van der Waals surface area (Å²) in [6, 6.07) is 1.86. The Balaban J connectivity index is 1.96. The number of hydrogen-bond acceptors (Lipinski definition) is 3. The third-order valence-corrected chi connectivity index (χ3v) is 3.95. The van der Waals surface area contributed by atoms with Crippen LogP contribution < -0.4 is 5.32 Å². The molecule has 1 saturated carbocycles. The summed E-state index contributed by atoms with van der Waals surface area (Å²) in [6.07, 6.45) is 4.54. The molecular weight excluding hydrogens is 272 g/mol. The van der Waals surface area contributed by atoms with Gasteiger partial charge in [0.1, 0.15) is 5.76 Å². The second-order valence-electron chi connectivity index (χ2n) is 4.20. The second kappa shape index (κ2) is 4.99. The first kappa shape index (κ1) is 11.6. The van der Waals surface area contributed by atoms with Gasteiger partial charge in [0.05, 0.1) is 0 Å². The molecule has 2 rings (SSSR count). The molecule has 1 fully saturated rings. The lowest BCUT2D eigenvalue weighted by molar-refractivity contribution is 0.0920. The number of aryl methyl sites for hydroxylation is 1. The maximum Gasteiger partial charge on any atom is 0.273 e. The lowest BCUT2D eigenvalue weighted by atomic mass is 9.95. The number of hydrogen-bond donors (Lipinski definition) is 1. The molecule has 0 aliphatic heterocycles. The molecule has 88 valence electrons. The molecule has 0 spiro atoms. The van der Waals surface area contributed by atoms with Gasteiger partial charge in [0.2, 0.25) is 0 Å². The number of aromatic nitrogens is 1. The highest BCUT2D eigenvalue weighted by atomic mass is 79.9. The van der Waals surface area contributed by atoms with E-state index in [1.165, 1.54) is 12.8 Å². The zero-order chi connectivity index (χ0) is 11.5. The molecule has 0 bridgehead atoms. The van der Waals surface area contributed by atoms with E-state index in [-0.39, 0.29) is 11.9 Å². The van der Waals surface area contributed by atoms with Gasteiger partial charge in [-0.05, 0) is 19.8 Å². The second-order valence-corrected chi connectivity index (χ2v) is 5.38. The van der Waals surface area contributed by atoms with E-state index in [1.54, 1.807) is 13.0 Å². The Bertz CT molecular complexity index is 378. The van der Waals surface area contributed by atoms with Crippen LogP contribution in [0.2, 0.25) is 0 Å². The molecule has 1 aromatic rings. The molecule has 0 aromatic carbocycles. The van der Waals surface area contributed by atoms with Crippen LogP contribution in [0.1, 0.15) is 41.9 Å². The van der Waals surface area contributed by atoms with Crippen molar-refractivity contribution in [1.29, 1.82) is 0 Å². The van der Waals surface area contributed by atoms with Crippen molar-refractivity contribution < 1.29 is 9.32 Å². The fourth-order valence-corrected chi connectivity index (χ4v) is 2.68. The van der Waals surface area contributed by atoms with Crippen molar-refractivity contribution >= 4 is 21.8 Å². The molecule has 2 atom stereocenters. The smallest absolute Gasteiger partial charge is 0.273 e. The molecule has 16 heavy (non-hydrogen) atoms. The first-order chi connectivity index (χ1) is 7.66. The zero-order valence-corrected chi connectivity index (χ0v) is 10.8. The maximum absolute atomic E-state index is 11.8. The maximum atomic E-state index is 11.8. The summed E-state index contributed by atoms with van der Waals surface area (Å²) in [6.45, 7) is 1.78. The Morgan fingerprint density at radius 3 is 2.94 bits per heavy atom. The number of halogens is 1. The molecule has 0 saturated heterocycles. The van der Waals surface area contributed by atoms with Gasteiger partial charge in [0.25, 0.3) is 5.91 Å².